The van der Waals surface area contributed by atoms with Crippen LogP contribution in [0, 0.1) is 13.8 Å². The molecule has 4 aromatic rings. The molecule has 0 bridgehead atoms. The Bertz CT molecular complexity index is 1500. The smallest absolute Gasteiger partial charge is 0.253 e. The lowest BCUT2D eigenvalue weighted by atomic mass is 10.1. The summed E-state index contributed by atoms with van der Waals surface area (Å²) in [5.41, 5.74) is 3.89. The van der Waals surface area contributed by atoms with Gasteiger partial charge in [0.15, 0.2) is 5.13 Å². The van der Waals surface area contributed by atoms with Gasteiger partial charge in [-0.25, -0.2) is 13.4 Å². The van der Waals surface area contributed by atoms with E-state index in [1.54, 1.807) is 23.4 Å². The van der Waals surface area contributed by atoms with Gasteiger partial charge in [-0.15, -0.1) is 11.3 Å². The molecular formula is C24H23ClN4O3S3. The van der Waals surface area contributed by atoms with Crippen LogP contribution in [0.1, 0.15) is 29.5 Å². The zero-order valence-electron chi connectivity index (χ0n) is 19.1. The third kappa shape index (κ3) is 4.61. The molecule has 0 radical (unpaired) electrons. The summed E-state index contributed by atoms with van der Waals surface area (Å²) >= 11 is 8.44. The molecule has 1 amide bonds. The summed E-state index contributed by atoms with van der Waals surface area (Å²) in [4.78, 5) is 24.6. The molecule has 4 heterocycles. The average Bonchev–Trinajstić information content (AvgIpc) is 3.60. The number of rotatable bonds is 6. The number of amides is 1. The maximum atomic E-state index is 14.0. The molecule has 1 aliphatic heterocycles. The Kier molecular flexibility index (Phi) is 6.67. The molecule has 35 heavy (non-hydrogen) atoms. The Morgan fingerprint density at radius 2 is 2.03 bits per heavy atom. The number of thiazole rings is 1. The minimum atomic E-state index is -3.85. The maximum Gasteiger partial charge on any atom is 0.253 e. The van der Waals surface area contributed by atoms with E-state index in [0.717, 1.165) is 38.2 Å². The van der Waals surface area contributed by atoms with Gasteiger partial charge in [0.1, 0.15) is 10.3 Å². The summed E-state index contributed by atoms with van der Waals surface area (Å²) in [7, 11) is -3.85. The van der Waals surface area contributed by atoms with E-state index < -0.39 is 16.1 Å². The SMILES string of the molecule is Cc1ccc2sc(N(Cc3cccnc3)C(=O)C3CCCN3S(=O)(=O)c3ccc(Cl)s3)nc2c1C. The second kappa shape index (κ2) is 9.59. The van der Waals surface area contributed by atoms with Crippen molar-refractivity contribution in [3.63, 3.8) is 0 Å². The van der Waals surface area contributed by atoms with E-state index in [2.05, 4.69) is 4.98 Å². The molecule has 0 N–H and O–H groups in total. The summed E-state index contributed by atoms with van der Waals surface area (Å²) < 4.78 is 29.6. The second-order valence-corrected chi connectivity index (χ2v) is 13.3. The van der Waals surface area contributed by atoms with Crippen molar-refractivity contribution in [1.82, 2.24) is 14.3 Å². The van der Waals surface area contributed by atoms with Crippen molar-refractivity contribution in [3.8, 4) is 0 Å². The highest BCUT2D eigenvalue weighted by atomic mass is 35.5. The molecule has 182 valence electrons. The highest BCUT2D eigenvalue weighted by Crippen LogP contribution is 2.36. The van der Waals surface area contributed by atoms with Crippen molar-refractivity contribution < 1.29 is 13.2 Å². The fraction of sp³-hybridized carbons (Fsp3) is 0.292. The van der Waals surface area contributed by atoms with Gasteiger partial charge in [-0.2, -0.15) is 4.31 Å². The number of aromatic nitrogens is 2. The number of carbonyl (C=O) groups is 1. The van der Waals surface area contributed by atoms with Gasteiger partial charge in [-0.3, -0.25) is 14.7 Å². The first-order valence-corrected chi connectivity index (χ1v) is 14.5. The Morgan fingerprint density at radius 1 is 1.20 bits per heavy atom. The lowest BCUT2D eigenvalue weighted by Crippen LogP contribution is -2.47. The Labute approximate surface area is 217 Å². The zero-order chi connectivity index (χ0) is 24.7. The molecule has 0 aliphatic carbocycles. The van der Waals surface area contributed by atoms with Crippen LogP contribution < -0.4 is 4.90 Å². The molecule has 3 aromatic heterocycles. The molecule has 0 saturated carbocycles. The van der Waals surface area contributed by atoms with E-state index in [-0.39, 0.29) is 23.2 Å². The van der Waals surface area contributed by atoms with Gasteiger partial charge in [-0.05, 0) is 67.6 Å². The van der Waals surface area contributed by atoms with Crippen LogP contribution in [0.25, 0.3) is 10.2 Å². The second-order valence-electron chi connectivity index (χ2n) is 8.47. The summed E-state index contributed by atoms with van der Waals surface area (Å²) in [5.74, 6) is -0.286. The molecular weight excluding hydrogens is 524 g/mol. The number of carbonyl (C=O) groups excluding carboxylic acids is 1. The minimum absolute atomic E-state index is 0.145. The lowest BCUT2D eigenvalue weighted by Gasteiger charge is -2.28. The van der Waals surface area contributed by atoms with Gasteiger partial charge in [-0.1, -0.05) is 35.1 Å². The van der Waals surface area contributed by atoms with E-state index in [9.17, 15) is 13.2 Å². The van der Waals surface area contributed by atoms with Crippen molar-refractivity contribution in [2.24, 2.45) is 0 Å². The number of benzene rings is 1. The van der Waals surface area contributed by atoms with Crippen LogP contribution >= 0.6 is 34.3 Å². The van der Waals surface area contributed by atoms with E-state index in [1.807, 2.05) is 38.1 Å². The zero-order valence-corrected chi connectivity index (χ0v) is 22.3. The van der Waals surface area contributed by atoms with Crippen molar-refractivity contribution >= 4 is 65.6 Å². The standard InChI is InChI=1S/C24H23ClN4O3S3/c1-15-7-8-19-22(16(15)2)27-24(33-19)28(14-17-5-3-11-26-13-17)23(30)18-6-4-12-29(18)35(31,32)21-10-9-20(25)34-21/h3,5,7-11,13,18H,4,6,12,14H2,1-2H3. The highest BCUT2D eigenvalue weighted by molar-refractivity contribution is 7.91. The number of nitrogens with zero attached hydrogens (tertiary/aromatic N) is 4. The fourth-order valence-electron chi connectivity index (χ4n) is 4.25. The van der Waals surface area contributed by atoms with Crippen LogP contribution in [0.2, 0.25) is 4.34 Å². The number of fused-ring (bicyclic) bond motifs is 1. The first-order chi connectivity index (χ1) is 16.8. The van der Waals surface area contributed by atoms with Gasteiger partial charge in [0, 0.05) is 18.9 Å². The third-order valence-electron chi connectivity index (χ3n) is 6.23. The first-order valence-electron chi connectivity index (χ1n) is 11.1. The number of hydrogen-bond acceptors (Lipinski definition) is 7. The van der Waals surface area contributed by atoms with Crippen LogP contribution in [0.5, 0.6) is 0 Å². The summed E-state index contributed by atoms with van der Waals surface area (Å²) in [5, 5.41) is 0.547. The number of thiophene rings is 1. The third-order valence-corrected chi connectivity index (χ3v) is 10.9. The molecule has 7 nitrogen and oxygen atoms in total. The maximum absolute atomic E-state index is 14.0. The Balaban J connectivity index is 1.54. The Morgan fingerprint density at radius 3 is 2.74 bits per heavy atom. The number of halogens is 1. The number of pyridine rings is 1. The predicted octanol–water partition coefficient (Wildman–Crippen LogP) is 5.41. The topological polar surface area (TPSA) is 83.5 Å². The molecule has 1 fully saturated rings. The van der Waals surface area contributed by atoms with E-state index in [4.69, 9.17) is 16.6 Å². The van der Waals surface area contributed by atoms with Gasteiger partial charge in [0.05, 0.1) is 21.1 Å². The van der Waals surface area contributed by atoms with Gasteiger partial charge < -0.3 is 0 Å². The summed E-state index contributed by atoms with van der Waals surface area (Å²) in [6, 6.07) is 10.0. The van der Waals surface area contributed by atoms with Crippen molar-refractivity contribution in [1.29, 1.82) is 0 Å². The number of hydrogen-bond donors (Lipinski definition) is 0. The molecule has 1 saturated heterocycles. The molecule has 1 unspecified atom stereocenters. The van der Waals surface area contributed by atoms with Crippen molar-refractivity contribution in [3.05, 3.63) is 69.8 Å². The van der Waals surface area contributed by atoms with Crippen LogP contribution in [0.15, 0.2) is 53.0 Å². The van der Waals surface area contributed by atoms with Crippen molar-refractivity contribution in [2.45, 2.75) is 43.5 Å². The number of aryl methyl sites for hydroxylation is 2. The highest BCUT2D eigenvalue weighted by Gasteiger charge is 2.42. The monoisotopic (exact) mass is 546 g/mol. The number of anilines is 1. The number of sulfonamides is 1. The minimum Gasteiger partial charge on any atom is -0.282 e. The molecule has 5 rings (SSSR count). The quantitative estimate of drug-likeness (QED) is 0.323. The molecule has 1 atom stereocenters. The molecule has 0 spiro atoms. The lowest BCUT2D eigenvalue weighted by molar-refractivity contribution is -0.121. The van der Waals surface area contributed by atoms with E-state index in [1.165, 1.54) is 21.7 Å². The van der Waals surface area contributed by atoms with Crippen LogP contribution in [0.4, 0.5) is 5.13 Å². The van der Waals surface area contributed by atoms with Gasteiger partial charge in [0.25, 0.3) is 10.0 Å². The largest absolute Gasteiger partial charge is 0.282 e. The van der Waals surface area contributed by atoms with Crippen LogP contribution in [-0.2, 0) is 21.4 Å². The molecule has 1 aliphatic rings. The normalized spacial score (nSPS) is 16.7. The van der Waals surface area contributed by atoms with Crippen LogP contribution in [-0.4, -0.2) is 41.2 Å². The predicted molar refractivity (Wildman–Crippen MR) is 141 cm³/mol. The van der Waals surface area contributed by atoms with E-state index in [0.29, 0.717) is 22.3 Å². The Hall–Kier alpha value is -2.37. The first kappa shape index (κ1) is 24.3. The van der Waals surface area contributed by atoms with Gasteiger partial charge >= 0.3 is 0 Å². The fourth-order valence-corrected chi connectivity index (χ4v) is 8.54. The summed E-state index contributed by atoms with van der Waals surface area (Å²) in [6.45, 7) is 4.59. The summed E-state index contributed by atoms with van der Waals surface area (Å²) in [6.07, 6.45) is 4.44. The molecule has 1 aromatic carbocycles. The van der Waals surface area contributed by atoms with Gasteiger partial charge in [0.2, 0.25) is 5.91 Å². The molecule has 11 heteroatoms. The average molecular weight is 547 g/mol. The van der Waals surface area contributed by atoms with Crippen LogP contribution in [0.3, 0.4) is 0 Å². The van der Waals surface area contributed by atoms with E-state index >= 15 is 0 Å². The van der Waals surface area contributed by atoms with Crippen molar-refractivity contribution in [2.75, 3.05) is 11.4 Å².